The first-order valence-corrected chi connectivity index (χ1v) is 9.07. The van der Waals surface area contributed by atoms with Gasteiger partial charge in [-0.2, -0.15) is 26.3 Å². The van der Waals surface area contributed by atoms with Crippen LogP contribution in [0.4, 0.5) is 32.3 Å². The van der Waals surface area contributed by atoms with E-state index in [0.29, 0.717) is 0 Å². The fourth-order valence-corrected chi connectivity index (χ4v) is 3.64. The van der Waals surface area contributed by atoms with Crippen LogP contribution in [0.25, 0.3) is 0 Å². The highest BCUT2D eigenvalue weighted by molar-refractivity contribution is 6.04. The molecule has 0 aromatic carbocycles. The number of nitrogens with zero attached hydrogens (tertiary/aromatic N) is 3. The molecular weight excluding hydrogens is 434 g/mol. The van der Waals surface area contributed by atoms with E-state index in [-0.39, 0.29) is 31.9 Å². The highest BCUT2D eigenvalue weighted by atomic mass is 19.4. The van der Waals surface area contributed by atoms with Crippen molar-refractivity contribution in [3.8, 4) is 0 Å². The van der Waals surface area contributed by atoms with Crippen LogP contribution >= 0.6 is 0 Å². The number of piperidine rings is 1. The summed E-state index contributed by atoms with van der Waals surface area (Å²) >= 11 is 0. The number of nitrogens with two attached hydrogens (primary N) is 1. The van der Waals surface area contributed by atoms with Crippen molar-refractivity contribution in [2.24, 2.45) is 11.7 Å². The van der Waals surface area contributed by atoms with Crippen molar-refractivity contribution in [2.75, 3.05) is 18.0 Å². The van der Waals surface area contributed by atoms with E-state index in [0.717, 1.165) is 12.3 Å². The molecule has 1 aromatic heterocycles. The molecule has 1 aromatic rings. The molecule has 0 aliphatic carbocycles. The summed E-state index contributed by atoms with van der Waals surface area (Å²) < 4.78 is 79.1. The molecule has 5 N–H and O–H groups in total. The quantitative estimate of drug-likeness (QED) is 0.409. The predicted octanol–water partition coefficient (Wildman–Crippen LogP) is 1.72. The molecule has 0 bridgehead atoms. The van der Waals surface area contributed by atoms with Crippen molar-refractivity contribution in [3.63, 3.8) is 0 Å². The standard InChI is InChI=1S/C17H18F6N6O2/c18-16(19,20)9-1-4-26-14(27-9)29-5-2-8(3-6-29)12(24)11-13(25)28-10(30)7-15(11,31)17(21,22)23/h1,4,8,24,31H,2-3,5-7,25H2,(H,28,30). The largest absolute Gasteiger partial charge is 0.433 e. The highest BCUT2D eigenvalue weighted by Gasteiger charge is 2.61. The highest BCUT2D eigenvalue weighted by Crippen LogP contribution is 2.43. The third kappa shape index (κ3) is 4.29. The molecule has 8 nitrogen and oxygen atoms in total. The Morgan fingerprint density at radius 1 is 1.26 bits per heavy atom. The number of amides is 1. The van der Waals surface area contributed by atoms with Crippen LogP contribution in [0.5, 0.6) is 0 Å². The fourth-order valence-electron chi connectivity index (χ4n) is 3.64. The number of aromatic nitrogens is 2. The summed E-state index contributed by atoms with van der Waals surface area (Å²) in [6.07, 6.45) is -10.1. The van der Waals surface area contributed by atoms with Gasteiger partial charge in [-0.1, -0.05) is 0 Å². The summed E-state index contributed by atoms with van der Waals surface area (Å²) in [5, 5.41) is 20.5. The molecule has 1 unspecified atom stereocenters. The Kier molecular flexibility index (Phi) is 5.63. The average Bonchev–Trinajstić information content (AvgIpc) is 2.66. The Morgan fingerprint density at radius 3 is 2.42 bits per heavy atom. The van der Waals surface area contributed by atoms with Crippen molar-refractivity contribution in [2.45, 2.75) is 37.2 Å². The molecule has 2 aliphatic heterocycles. The molecule has 0 radical (unpaired) electrons. The molecule has 170 valence electrons. The topological polar surface area (TPSA) is 128 Å². The second-order valence-corrected chi connectivity index (χ2v) is 7.29. The van der Waals surface area contributed by atoms with Gasteiger partial charge < -0.3 is 26.5 Å². The smallest absolute Gasteiger partial charge is 0.385 e. The Bertz CT molecular complexity index is 922. The van der Waals surface area contributed by atoms with Crippen molar-refractivity contribution in [1.82, 2.24) is 15.3 Å². The maximum atomic E-state index is 13.5. The Morgan fingerprint density at radius 2 is 1.87 bits per heavy atom. The van der Waals surface area contributed by atoms with E-state index in [1.165, 1.54) is 4.90 Å². The van der Waals surface area contributed by atoms with E-state index in [2.05, 4.69) is 9.97 Å². The van der Waals surface area contributed by atoms with Crippen LogP contribution in [0, 0.1) is 11.3 Å². The third-order valence-electron chi connectivity index (χ3n) is 5.23. The van der Waals surface area contributed by atoms with E-state index >= 15 is 0 Å². The van der Waals surface area contributed by atoms with Gasteiger partial charge in [-0.25, -0.2) is 9.97 Å². The number of aliphatic hydroxyl groups is 1. The number of hydrogen-bond donors (Lipinski definition) is 4. The number of hydrogen-bond acceptors (Lipinski definition) is 7. The number of anilines is 1. The molecule has 1 amide bonds. The van der Waals surface area contributed by atoms with Gasteiger partial charge in [0, 0.05) is 30.9 Å². The second-order valence-electron chi connectivity index (χ2n) is 7.29. The third-order valence-corrected chi connectivity index (χ3v) is 5.23. The Balaban J connectivity index is 1.78. The fraction of sp³-hybridized carbons (Fsp3) is 0.529. The number of halogens is 6. The van der Waals surface area contributed by atoms with Crippen LogP contribution in [0.15, 0.2) is 23.7 Å². The zero-order chi connectivity index (χ0) is 23.2. The lowest BCUT2D eigenvalue weighted by Crippen LogP contribution is -2.58. The summed E-state index contributed by atoms with van der Waals surface area (Å²) in [7, 11) is 0. The normalized spacial score (nSPS) is 23.7. The van der Waals surface area contributed by atoms with Crippen LogP contribution in [0.3, 0.4) is 0 Å². The van der Waals surface area contributed by atoms with E-state index in [1.54, 1.807) is 0 Å². The first-order chi connectivity index (χ1) is 14.2. The SMILES string of the molecule is N=C(C1=C(N)NC(=O)CC1(O)C(F)(F)F)C1CCN(c2nccc(C(F)(F)F)n2)CC1. The second kappa shape index (κ2) is 7.66. The monoisotopic (exact) mass is 452 g/mol. The molecule has 0 spiro atoms. The number of rotatable bonds is 3. The Labute approximate surface area is 171 Å². The summed E-state index contributed by atoms with van der Waals surface area (Å²) in [5.41, 5.74) is -0.681. The molecule has 1 fully saturated rings. The maximum Gasteiger partial charge on any atom is 0.433 e. The van der Waals surface area contributed by atoms with E-state index in [9.17, 15) is 36.2 Å². The molecule has 1 atom stereocenters. The molecule has 31 heavy (non-hydrogen) atoms. The van der Waals surface area contributed by atoms with E-state index < -0.39 is 59.0 Å². The van der Waals surface area contributed by atoms with Crippen LogP contribution < -0.4 is 16.0 Å². The molecule has 3 rings (SSSR count). The number of nitrogens with one attached hydrogen (secondary N) is 2. The van der Waals surface area contributed by atoms with Crippen LogP contribution in [0.1, 0.15) is 25.0 Å². The van der Waals surface area contributed by atoms with E-state index in [1.807, 2.05) is 5.32 Å². The minimum absolute atomic E-state index is 0.0678. The van der Waals surface area contributed by atoms with Gasteiger partial charge in [-0.15, -0.1) is 0 Å². The van der Waals surface area contributed by atoms with Crippen LogP contribution in [-0.4, -0.2) is 51.6 Å². The molecule has 3 heterocycles. The van der Waals surface area contributed by atoms with Gasteiger partial charge in [-0.3, -0.25) is 4.79 Å². The average molecular weight is 452 g/mol. The lowest BCUT2D eigenvalue weighted by atomic mass is 9.77. The van der Waals surface area contributed by atoms with Crippen LogP contribution in [-0.2, 0) is 11.0 Å². The minimum Gasteiger partial charge on any atom is -0.385 e. The maximum absolute atomic E-state index is 13.5. The summed E-state index contributed by atoms with van der Waals surface area (Å²) in [5.74, 6) is -2.84. The first-order valence-electron chi connectivity index (χ1n) is 9.07. The summed E-state index contributed by atoms with van der Waals surface area (Å²) in [4.78, 5) is 20.2. The van der Waals surface area contributed by atoms with Gasteiger partial charge >= 0.3 is 12.4 Å². The van der Waals surface area contributed by atoms with Gasteiger partial charge in [0.25, 0.3) is 0 Å². The molecule has 1 saturated heterocycles. The van der Waals surface area contributed by atoms with Crippen molar-refractivity contribution in [1.29, 1.82) is 5.41 Å². The zero-order valence-corrected chi connectivity index (χ0v) is 15.8. The van der Waals surface area contributed by atoms with Gasteiger partial charge in [0.2, 0.25) is 11.9 Å². The summed E-state index contributed by atoms with van der Waals surface area (Å²) in [6, 6.07) is 0.719. The Hall–Kier alpha value is -2.90. The van der Waals surface area contributed by atoms with Gasteiger partial charge in [-0.05, 0) is 18.9 Å². The zero-order valence-electron chi connectivity index (χ0n) is 15.8. The van der Waals surface area contributed by atoms with Crippen LogP contribution in [0.2, 0.25) is 0 Å². The number of alkyl halides is 6. The van der Waals surface area contributed by atoms with Crippen molar-refractivity contribution in [3.05, 3.63) is 29.4 Å². The molecule has 0 saturated carbocycles. The van der Waals surface area contributed by atoms with Crippen molar-refractivity contribution >= 4 is 17.6 Å². The lowest BCUT2D eigenvalue weighted by Gasteiger charge is -2.39. The van der Waals surface area contributed by atoms with E-state index in [4.69, 9.17) is 11.1 Å². The first kappa shape index (κ1) is 22.8. The lowest BCUT2D eigenvalue weighted by molar-refractivity contribution is -0.245. The predicted molar refractivity (Wildman–Crippen MR) is 94.7 cm³/mol. The van der Waals surface area contributed by atoms with Gasteiger partial charge in [0.15, 0.2) is 5.60 Å². The van der Waals surface area contributed by atoms with Gasteiger partial charge in [0.1, 0.15) is 11.5 Å². The number of carbonyl (C=O) groups is 1. The molecule has 2 aliphatic rings. The number of carbonyl (C=O) groups excluding carboxylic acids is 1. The van der Waals surface area contributed by atoms with Crippen molar-refractivity contribution < 1.29 is 36.2 Å². The summed E-state index contributed by atoms with van der Waals surface area (Å²) in [6.45, 7) is 0.136. The minimum atomic E-state index is -5.25. The van der Waals surface area contributed by atoms with Gasteiger partial charge in [0.05, 0.1) is 12.0 Å². The molecular formula is C17H18F6N6O2. The molecule has 14 heteroatoms.